The van der Waals surface area contributed by atoms with Crippen LogP contribution in [0.25, 0.3) is 6.08 Å². The fraction of sp³-hybridized carbons (Fsp3) is 0.0526. The standard InChI is InChI=1S/C19H13ClN2O6S/c20-12-3-6-14(23)11(7-12)8-15-17(25)22(19(28)29-15)9-16(24)21-13-4-1-10(2-5-13)18(26)27/h1-8,23H,9H2,(H,21,24)(H,26,27)/b15-8-. The fourth-order valence-corrected chi connectivity index (χ4v) is 3.47. The van der Waals surface area contributed by atoms with Crippen LogP contribution in [0.5, 0.6) is 5.75 Å². The summed E-state index contributed by atoms with van der Waals surface area (Å²) >= 11 is 6.52. The molecule has 3 N–H and O–H groups in total. The third-order valence-corrected chi connectivity index (χ3v) is 5.01. The SMILES string of the molecule is O=C(CN1C(=O)S/C(=C\c2cc(Cl)ccc2O)C1=O)Nc1ccc(C(=O)O)cc1. The topological polar surface area (TPSA) is 124 Å². The quantitative estimate of drug-likeness (QED) is 0.618. The minimum atomic E-state index is -1.10. The molecule has 0 unspecified atom stereocenters. The van der Waals surface area contributed by atoms with Gasteiger partial charge in [-0.2, -0.15) is 0 Å². The number of aromatic hydroxyl groups is 1. The number of thioether (sulfide) groups is 1. The highest BCUT2D eigenvalue weighted by molar-refractivity contribution is 8.18. The predicted octanol–water partition coefficient (Wildman–Crippen LogP) is 3.42. The molecule has 0 atom stereocenters. The molecule has 1 aliphatic rings. The van der Waals surface area contributed by atoms with E-state index in [2.05, 4.69) is 5.32 Å². The van der Waals surface area contributed by atoms with Gasteiger partial charge in [0.2, 0.25) is 5.91 Å². The Morgan fingerprint density at radius 3 is 2.48 bits per heavy atom. The number of nitrogens with one attached hydrogen (secondary N) is 1. The Balaban J connectivity index is 1.69. The van der Waals surface area contributed by atoms with Crippen LogP contribution >= 0.6 is 23.4 Å². The molecule has 3 amide bonds. The van der Waals surface area contributed by atoms with Gasteiger partial charge in [-0.25, -0.2) is 4.79 Å². The number of imide groups is 1. The Labute approximate surface area is 173 Å². The molecule has 0 saturated carbocycles. The molecule has 0 aromatic heterocycles. The number of hydrogen-bond acceptors (Lipinski definition) is 6. The number of hydrogen-bond donors (Lipinski definition) is 3. The van der Waals surface area contributed by atoms with Crippen molar-refractivity contribution < 1.29 is 29.4 Å². The molecule has 2 aromatic carbocycles. The number of amides is 3. The third-order valence-electron chi connectivity index (χ3n) is 3.87. The first-order valence-electron chi connectivity index (χ1n) is 8.11. The van der Waals surface area contributed by atoms with Gasteiger partial charge in [-0.15, -0.1) is 0 Å². The van der Waals surface area contributed by atoms with Crippen LogP contribution in [0.1, 0.15) is 15.9 Å². The minimum Gasteiger partial charge on any atom is -0.507 e. The molecule has 0 aliphatic carbocycles. The fourth-order valence-electron chi connectivity index (χ4n) is 2.46. The second-order valence-corrected chi connectivity index (χ2v) is 7.33. The number of nitrogens with zero attached hydrogens (tertiary/aromatic N) is 1. The lowest BCUT2D eigenvalue weighted by Crippen LogP contribution is -2.36. The first-order chi connectivity index (χ1) is 13.7. The van der Waals surface area contributed by atoms with E-state index < -0.39 is 29.6 Å². The number of carbonyl (C=O) groups excluding carboxylic acids is 3. The first kappa shape index (κ1) is 20.4. The van der Waals surface area contributed by atoms with E-state index >= 15 is 0 Å². The highest BCUT2D eigenvalue weighted by Crippen LogP contribution is 2.34. The second kappa shape index (κ2) is 8.38. The molecule has 29 heavy (non-hydrogen) atoms. The van der Waals surface area contributed by atoms with E-state index in [1.54, 1.807) is 0 Å². The van der Waals surface area contributed by atoms with Gasteiger partial charge in [-0.05, 0) is 60.3 Å². The van der Waals surface area contributed by atoms with E-state index in [-0.39, 0.29) is 21.8 Å². The van der Waals surface area contributed by atoms with Crippen LogP contribution in [0.4, 0.5) is 10.5 Å². The van der Waals surface area contributed by atoms with Crippen LogP contribution in [0, 0.1) is 0 Å². The summed E-state index contributed by atoms with van der Waals surface area (Å²) < 4.78 is 0. The summed E-state index contributed by atoms with van der Waals surface area (Å²) in [5.41, 5.74) is 0.653. The molecule has 3 rings (SSSR count). The number of anilines is 1. The zero-order valence-electron chi connectivity index (χ0n) is 14.6. The molecule has 0 spiro atoms. The molecule has 1 heterocycles. The van der Waals surface area contributed by atoms with E-state index in [1.807, 2.05) is 0 Å². The van der Waals surface area contributed by atoms with Crippen LogP contribution < -0.4 is 5.32 Å². The van der Waals surface area contributed by atoms with Crippen molar-refractivity contribution in [2.45, 2.75) is 0 Å². The summed E-state index contributed by atoms with van der Waals surface area (Å²) in [6.45, 7) is -0.510. The largest absolute Gasteiger partial charge is 0.507 e. The average molecular weight is 433 g/mol. The summed E-state index contributed by atoms with van der Waals surface area (Å²) in [5.74, 6) is -2.50. The van der Waals surface area contributed by atoms with Crippen molar-refractivity contribution in [1.82, 2.24) is 4.90 Å². The number of rotatable bonds is 5. The lowest BCUT2D eigenvalue weighted by atomic mass is 10.2. The van der Waals surface area contributed by atoms with Crippen molar-refractivity contribution in [3.05, 3.63) is 63.5 Å². The van der Waals surface area contributed by atoms with Crippen LogP contribution in [-0.4, -0.2) is 44.7 Å². The molecule has 148 valence electrons. The number of carboxylic acids is 1. The van der Waals surface area contributed by atoms with Gasteiger partial charge in [-0.1, -0.05) is 11.6 Å². The molecule has 1 saturated heterocycles. The van der Waals surface area contributed by atoms with Gasteiger partial charge < -0.3 is 15.5 Å². The lowest BCUT2D eigenvalue weighted by Gasteiger charge is -2.12. The molecule has 0 radical (unpaired) electrons. The molecular weight excluding hydrogens is 420 g/mol. The average Bonchev–Trinajstić information content (AvgIpc) is 2.92. The molecule has 1 fully saturated rings. The van der Waals surface area contributed by atoms with Gasteiger partial charge in [0.15, 0.2) is 0 Å². The van der Waals surface area contributed by atoms with Crippen molar-refractivity contribution in [3.8, 4) is 5.75 Å². The van der Waals surface area contributed by atoms with Crippen molar-refractivity contribution in [2.24, 2.45) is 0 Å². The van der Waals surface area contributed by atoms with Crippen LogP contribution in [-0.2, 0) is 9.59 Å². The Morgan fingerprint density at radius 2 is 1.83 bits per heavy atom. The Bertz CT molecular complexity index is 1050. The van der Waals surface area contributed by atoms with Crippen LogP contribution in [0.15, 0.2) is 47.4 Å². The number of phenols is 1. The summed E-state index contributed by atoms with van der Waals surface area (Å²) in [6.07, 6.45) is 1.33. The van der Waals surface area contributed by atoms with Gasteiger partial charge in [-0.3, -0.25) is 19.3 Å². The van der Waals surface area contributed by atoms with Gasteiger partial charge >= 0.3 is 5.97 Å². The van der Waals surface area contributed by atoms with Gasteiger partial charge in [0.25, 0.3) is 11.1 Å². The molecular formula is C19H13ClN2O6S. The first-order valence-corrected chi connectivity index (χ1v) is 9.31. The monoisotopic (exact) mass is 432 g/mol. The molecule has 10 heteroatoms. The smallest absolute Gasteiger partial charge is 0.335 e. The zero-order valence-corrected chi connectivity index (χ0v) is 16.2. The maximum absolute atomic E-state index is 12.5. The van der Waals surface area contributed by atoms with Crippen LogP contribution in [0.3, 0.4) is 0 Å². The summed E-state index contributed by atoms with van der Waals surface area (Å²) in [4.78, 5) is 48.5. The summed E-state index contributed by atoms with van der Waals surface area (Å²) in [6, 6.07) is 9.72. The van der Waals surface area contributed by atoms with E-state index in [0.717, 1.165) is 4.90 Å². The van der Waals surface area contributed by atoms with Gasteiger partial charge in [0.05, 0.1) is 10.5 Å². The second-order valence-electron chi connectivity index (χ2n) is 5.90. The number of benzene rings is 2. The number of halogens is 1. The summed E-state index contributed by atoms with van der Waals surface area (Å²) in [5, 5.41) is 20.9. The third kappa shape index (κ3) is 4.76. The Kier molecular flexibility index (Phi) is 5.90. The predicted molar refractivity (Wildman–Crippen MR) is 108 cm³/mol. The Morgan fingerprint density at radius 1 is 1.14 bits per heavy atom. The highest BCUT2D eigenvalue weighted by Gasteiger charge is 2.36. The van der Waals surface area contributed by atoms with Gasteiger partial charge in [0, 0.05) is 16.3 Å². The van der Waals surface area contributed by atoms with Crippen LogP contribution in [0.2, 0.25) is 5.02 Å². The highest BCUT2D eigenvalue weighted by atomic mass is 35.5. The normalized spacial score (nSPS) is 15.1. The van der Waals surface area contributed by atoms with Crippen molar-refractivity contribution in [3.63, 3.8) is 0 Å². The molecule has 1 aliphatic heterocycles. The zero-order chi connectivity index (χ0) is 21.1. The van der Waals surface area contributed by atoms with E-state index in [1.165, 1.54) is 48.5 Å². The number of phenolic OH excluding ortho intramolecular Hbond substituents is 1. The lowest BCUT2D eigenvalue weighted by molar-refractivity contribution is -0.127. The molecule has 0 bridgehead atoms. The number of carbonyl (C=O) groups is 4. The minimum absolute atomic E-state index is 0.0474. The maximum Gasteiger partial charge on any atom is 0.335 e. The Hall–Kier alpha value is -3.30. The molecule has 2 aromatic rings. The van der Waals surface area contributed by atoms with Crippen molar-refractivity contribution in [1.29, 1.82) is 0 Å². The maximum atomic E-state index is 12.5. The number of aromatic carboxylic acids is 1. The molecule has 8 nitrogen and oxygen atoms in total. The van der Waals surface area contributed by atoms with E-state index in [4.69, 9.17) is 16.7 Å². The summed E-state index contributed by atoms with van der Waals surface area (Å²) in [7, 11) is 0. The van der Waals surface area contributed by atoms with E-state index in [9.17, 15) is 24.3 Å². The van der Waals surface area contributed by atoms with Gasteiger partial charge in [0.1, 0.15) is 12.3 Å². The number of carboxylic acid groups (broad SMARTS) is 1. The van der Waals surface area contributed by atoms with E-state index in [0.29, 0.717) is 22.5 Å². The van der Waals surface area contributed by atoms with Crippen molar-refractivity contribution >= 4 is 58.1 Å². The van der Waals surface area contributed by atoms with Crippen molar-refractivity contribution in [2.75, 3.05) is 11.9 Å².